The van der Waals surface area contributed by atoms with Crippen LogP contribution < -0.4 is 5.73 Å². The van der Waals surface area contributed by atoms with E-state index >= 15 is 0 Å². The van der Waals surface area contributed by atoms with Crippen molar-refractivity contribution < 1.29 is 14.3 Å². The van der Waals surface area contributed by atoms with E-state index in [1.807, 2.05) is 60.7 Å². The first-order valence-electron chi connectivity index (χ1n) is 7.47. The lowest BCUT2D eigenvalue weighted by molar-refractivity contribution is -0.127. The minimum Gasteiger partial charge on any atom is -0.430 e. The van der Waals surface area contributed by atoms with Crippen molar-refractivity contribution in [3.05, 3.63) is 71.8 Å². The third-order valence-electron chi connectivity index (χ3n) is 4.27. The third-order valence-corrected chi connectivity index (χ3v) is 4.27. The Bertz CT molecular complexity index is 676. The molecule has 2 aromatic carbocycles. The topological polar surface area (TPSA) is 72.6 Å². The lowest BCUT2D eigenvalue weighted by atomic mass is 9.81. The summed E-state index contributed by atoms with van der Waals surface area (Å²) < 4.78 is 5.78. The van der Waals surface area contributed by atoms with Gasteiger partial charge in [-0.3, -0.25) is 4.79 Å². The molecule has 1 fully saturated rings. The Labute approximate surface area is 134 Å². The highest BCUT2D eigenvalue weighted by molar-refractivity contribution is 5.95. The van der Waals surface area contributed by atoms with Gasteiger partial charge in [0.15, 0.2) is 5.60 Å². The number of hydrogen-bond acceptors (Lipinski definition) is 4. The summed E-state index contributed by atoms with van der Waals surface area (Å²) in [5.74, 6) is -0.448. The number of carbonyl (C=O) groups excluding carboxylic acids is 2. The number of imide groups is 1. The summed E-state index contributed by atoms with van der Waals surface area (Å²) in [6.45, 7) is 1.57. The van der Waals surface area contributed by atoms with Crippen LogP contribution in [0.2, 0.25) is 0 Å². The summed E-state index contributed by atoms with van der Waals surface area (Å²) in [5.41, 5.74) is 6.04. The van der Waals surface area contributed by atoms with Gasteiger partial charge in [0.05, 0.1) is 12.6 Å². The van der Waals surface area contributed by atoms with Gasteiger partial charge in [0.1, 0.15) is 0 Å². The van der Waals surface area contributed by atoms with Crippen LogP contribution in [0.1, 0.15) is 18.1 Å². The first-order valence-corrected chi connectivity index (χ1v) is 7.47. The summed E-state index contributed by atoms with van der Waals surface area (Å²) in [6.07, 6.45) is -0.666. The van der Waals surface area contributed by atoms with Crippen LogP contribution >= 0.6 is 0 Å². The van der Waals surface area contributed by atoms with E-state index in [1.54, 1.807) is 6.92 Å². The fourth-order valence-corrected chi connectivity index (χ4v) is 3.17. The number of benzene rings is 2. The van der Waals surface area contributed by atoms with E-state index in [2.05, 4.69) is 0 Å². The van der Waals surface area contributed by atoms with Crippen LogP contribution in [-0.4, -0.2) is 29.5 Å². The van der Waals surface area contributed by atoms with E-state index < -0.39 is 23.6 Å². The van der Waals surface area contributed by atoms with Crippen molar-refractivity contribution in [2.75, 3.05) is 6.54 Å². The number of carbonyl (C=O) groups is 2. The summed E-state index contributed by atoms with van der Waals surface area (Å²) in [5, 5.41) is 0. The van der Waals surface area contributed by atoms with Crippen LogP contribution in [0.3, 0.4) is 0 Å². The first kappa shape index (κ1) is 15.2. The number of cyclic esters (lactones) is 1. The number of rotatable bonds is 3. The molecule has 1 saturated heterocycles. The monoisotopic (exact) mass is 310 g/mol. The molecule has 1 heterocycles. The van der Waals surface area contributed by atoms with Crippen LogP contribution in [0.4, 0.5) is 4.79 Å². The van der Waals surface area contributed by atoms with Gasteiger partial charge in [-0.2, -0.15) is 0 Å². The summed E-state index contributed by atoms with van der Waals surface area (Å²) in [4.78, 5) is 25.6. The normalized spacial score (nSPS) is 19.5. The van der Waals surface area contributed by atoms with Crippen molar-refractivity contribution in [1.29, 1.82) is 0 Å². The Morgan fingerprint density at radius 2 is 1.57 bits per heavy atom. The smallest absolute Gasteiger partial charge is 0.418 e. The fourth-order valence-electron chi connectivity index (χ4n) is 3.17. The maximum atomic E-state index is 12.4. The number of ether oxygens (including phenoxy) is 1. The van der Waals surface area contributed by atoms with Gasteiger partial charge in [0.25, 0.3) is 0 Å². The third kappa shape index (κ3) is 2.29. The Hall–Kier alpha value is -2.66. The minimum absolute atomic E-state index is 0.237. The molecule has 0 spiro atoms. The molecule has 0 aliphatic carbocycles. The van der Waals surface area contributed by atoms with Gasteiger partial charge in [0.2, 0.25) is 5.91 Å². The summed E-state index contributed by atoms with van der Waals surface area (Å²) in [6, 6.07) is 18.4. The zero-order chi connectivity index (χ0) is 16.4. The molecular weight excluding hydrogens is 292 g/mol. The van der Waals surface area contributed by atoms with E-state index in [-0.39, 0.29) is 6.54 Å². The molecule has 1 atom stereocenters. The number of hydrogen-bond donors (Lipinski definition) is 1. The van der Waals surface area contributed by atoms with Gasteiger partial charge in [-0.05, 0) is 6.92 Å². The molecule has 3 rings (SSSR count). The van der Waals surface area contributed by atoms with Gasteiger partial charge in [-0.15, -0.1) is 0 Å². The SMILES string of the molecule is CC1N(C(=O)CN)C(=O)OC1(c1ccccc1)c1ccccc1. The molecule has 0 bridgehead atoms. The highest BCUT2D eigenvalue weighted by atomic mass is 16.6. The molecule has 0 radical (unpaired) electrons. The maximum Gasteiger partial charge on any atom is 0.418 e. The molecule has 1 aliphatic rings. The zero-order valence-corrected chi connectivity index (χ0v) is 12.8. The van der Waals surface area contributed by atoms with Gasteiger partial charge >= 0.3 is 6.09 Å². The molecule has 5 nitrogen and oxygen atoms in total. The molecule has 1 unspecified atom stereocenters. The summed E-state index contributed by atoms with van der Waals surface area (Å²) in [7, 11) is 0. The van der Waals surface area contributed by atoms with Crippen molar-refractivity contribution in [3.8, 4) is 0 Å². The standard InChI is InChI=1S/C18H18N2O3/c1-13-18(14-8-4-2-5-9-14,15-10-6-3-7-11-15)23-17(22)20(13)16(21)12-19/h2-11,13H,12,19H2,1H3. The number of nitrogens with two attached hydrogens (primary N) is 1. The van der Waals surface area contributed by atoms with E-state index in [0.29, 0.717) is 0 Å². The second-order valence-electron chi connectivity index (χ2n) is 5.48. The second kappa shape index (κ2) is 5.85. The van der Waals surface area contributed by atoms with Crippen LogP contribution in [0.25, 0.3) is 0 Å². The van der Waals surface area contributed by atoms with Crippen molar-refractivity contribution in [3.63, 3.8) is 0 Å². The summed E-state index contributed by atoms with van der Waals surface area (Å²) >= 11 is 0. The van der Waals surface area contributed by atoms with Crippen molar-refractivity contribution in [2.24, 2.45) is 5.73 Å². The molecule has 23 heavy (non-hydrogen) atoms. The quantitative estimate of drug-likeness (QED) is 0.944. The predicted molar refractivity (Wildman–Crippen MR) is 85.5 cm³/mol. The Morgan fingerprint density at radius 1 is 1.09 bits per heavy atom. The van der Waals surface area contributed by atoms with Crippen molar-refractivity contribution >= 4 is 12.0 Å². The highest BCUT2D eigenvalue weighted by Gasteiger charge is 2.55. The molecule has 2 aromatic rings. The molecule has 1 aliphatic heterocycles. The lowest BCUT2D eigenvalue weighted by Crippen LogP contribution is -2.46. The average Bonchev–Trinajstić information content (AvgIpc) is 2.87. The zero-order valence-electron chi connectivity index (χ0n) is 12.8. The Kier molecular flexibility index (Phi) is 3.88. The van der Waals surface area contributed by atoms with E-state index in [9.17, 15) is 9.59 Å². The molecule has 5 heteroatoms. The molecule has 118 valence electrons. The van der Waals surface area contributed by atoms with Gasteiger partial charge < -0.3 is 10.5 Å². The van der Waals surface area contributed by atoms with Crippen LogP contribution in [0.5, 0.6) is 0 Å². The largest absolute Gasteiger partial charge is 0.430 e. The average molecular weight is 310 g/mol. The van der Waals surface area contributed by atoms with Crippen LogP contribution in [-0.2, 0) is 15.1 Å². The second-order valence-corrected chi connectivity index (χ2v) is 5.48. The van der Waals surface area contributed by atoms with Crippen LogP contribution in [0, 0.1) is 0 Å². The molecular formula is C18H18N2O3. The molecule has 0 aromatic heterocycles. The van der Waals surface area contributed by atoms with Crippen molar-refractivity contribution in [1.82, 2.24) is 4.90 Å². The lowest BCUT2D eigenvalue weighted by Gasteiger charge is -2.33. The van der Waals surface area contributed by atoms with E-state index in [4.69, 9.17) is 10.5 Å². The van der Waals surface area contributed by atoms with E-state index in [1.165, 1.54) is 0 Å². The van der Waals surface area contributed by atoms with Gasteiger partial charge in [-0.25, -0.2) is 9.69 Å². The van der Waals surface area contributed by atoms with Crippen molar-refractivity contribution in [2.45, 2.75) is 18.6 Å². The Balaban J connectivity index is 2.19. The molecule has 2 N–H and O–H groups in total. The van der Waals surface area contributed by atoms with E-state index in [0.717, 1.165) is 16.0 Å². The number of amides is 2. The fraction of sp³-hybridized carbons (Fsp3) is 0.222. The number of nitrogens with zero attached hydrogens (tertiary/aromatic N) is 1. The van der Waals surface area contributed by atoms with Crippen LogP contribution in [0.15, 0.2) is 60.7 Å². The molecule has 0 saturated carbocycles. The predicted octanol–water partition coefficient (Wildman–Crippen LogP) is 2.26. The van der Waals surface area contributed by atoms with Gasteiger partial charge in [0, 0.05) is 11.1 Å². The molecule has 2 amide bonds. The van der Waals surface area contributed by atoms with Gasteiger partial charge in [-0.1, -0.05) is 60.7 Å². The highest BCUT2D eigenvalue weighted by Crippen LogP contribution is 2.44. The Morgan fingerprint density at radius 3 is 2.00 bits per heavy atom. The first-order chi connectivity index (χ1) is 11.1. The minimum atomic E-state index is -1.04. The maximum absolute atomic E-state index is 12.4.